The highest BCUT2D eigenvalue weighted by Gasteiger charge is 2.40. The summed E-state index contributed by atoms with van der Waals surface area (Å²) in [5.41, 5.74) is 1.85. The van der Waals surface area contributed by atoms with Gasteiger partial charge in [-0.1, -0.05) is 18.2 Å². The van der Waals surface area contributed by atoms with Crippen molar-refractivity contribution in [3.63, 3.8) is 0 Å². The average Bonchev–Trinajstić information content (AvgIpc) is 2.93. The SMILES string of the molecule is COc1cccc(C2=CC(O)CCC2C2COC(=O)N2C)c1OC. The molecule has 1 aliphatic carbocycles. The summed E-state index contributed by atoms with van der Waals surface area (Å²) in [5.74, 6) is 1.35. The number of cyclic esters (lactones) is 1. The zero-order valence-electron chi connectivity index (χ0n) is 14.2. The van der Waals surface area contributed by atoms with Crippen LogP contribution in [0.5, 0.6) is 11.5 Å². The second kappa shape index (κ2) is 6.73. The van der Waals surface area contributed by atoms with Gasteiger partial charge < -0.3 is 24.2 Å². The number of amides is 1. The van der Waals surface area contributed by atoms with E-state index < -0.39 is 6.10 Å². The Morgan fingerprint density at radius 2 is 2.04 bits per heavy atom. The lowest BCUT2D eigenvalue weighted by atomic mass is 9.78. The maximum absolute atomic E-state index is 11.7. The van der Waals surface area contributed by atoms with Gasteiger partial charge in [0, 0.05) is 18.5 Å². The van der Waals surface area contributed by atoms with Crippen molar-refractivity contribution in [1.29, 1.82) is 0 Å². The predicted molar refractivity (Wildman–Crippen MR) is 89.2 cm³/mol. The molecular formula is C18H23NO5. The van der Waals surface area contributed by atoms with Crippen LogP contribution < -0.4 is 9.47 Å². The van der Waals surface area contributed by atoms with Crippen molar-refractivity contribution in [3.05, 3.63) is 29.8 Å². The van der Waals surface area contributed by atoms with E-state index in [1.54, 1.807) is 26.2 Å². The van der Waals surface area contributed by atoms with Crippen molar-refractivity contribution < 1.29 is 24.1 Å². The number of nitrogens with zero attached hydrogens (tertiary/aromatic N) is 1. The van der Waals surface area contributed by atoms with Gasteiger partial charge in [0.2, 0.25) is 0 Å². The zero-order valence-corrected chi connectivity index (χ0v) is 14.2. The van der Waals surface area contributed by atoms with Crippen LogP contribution in [0, 0.1) is 5.92 Å². The van der Waals surface area contributed by atoms with Crippen LogP contribution in [-0.4, -0.2) is 56.1 Å². The van der Waals surface area contributed by atoms with Crippen LogP contribution in [0.15, 0.2) is 24.3 Å². The average molecular weight is 333 g/mol. The quantitative estimate of drug-likeness (QED) is 0.916. The fourth-order valence-corrected chi connectivity index (χ4v) is 3.62. The van der Waals surface area contributed by atoms with Gasteiger partial charge >= 0.3 is 6.09 Å². The minimum absolute atomic E-state index is 0.0489. The number of ether oxygens (including phenoxy) is 3. The Kier molecular flexibility index (Phi) is 4.66. The number of aliphatic hydroxyl groups is 1. The minimum atomic E-state index is -0.504. The summed E-state index contributed by atoms with van der Waals surface area (Å²) < 4.78 is 16.1. The van der Waals surface area contributed by atoms with E-state index in [9.17, 15) is 9.90 Å². The number of para-hydroxylation sites is 1. The summed E-state index contributed by atoms with van der Waals surface area (Å²) in [6.07, 6.45) is 2.50. The largest absolute Gasteiger partial charge is 0.493 e. The topological polar surface area (TPSA) is 68.2 Å². The summed E-state index contributed by atoms with van der Waals surface area (Å²) in [5, 5.41) is 10.1. The highest BCUT2D eigenvalue weighted by Crippen LogP contribution is 2.44. The van der Waals surface area contributed by atoms with Gasteiger partial charge in [0.25, 0.3) is 0 Å². The van der Waals surface area contributed by atoms with Crippen molar-refractivity contribution in [1.82, 2.24) is 4.90 Å². The Hall–Kier alpha value is -2.21. The number of carbonyl (C=O) groups excluding carboxylic acids is 1. The van der Waals surface area contributed by atoms with E-state index in [0.29, 0.717) is 24.5 Å². The summed E-state index contributed by atoms with van der Waals surface area (Å²) in [6.45, 7) is 0.361. The first kappa shape index (κ1) is 16.6. The molecule has 0 saturated carbocycles. The van der Waals surface area contributed by atoms with Crippen molar-refractivity contribution in [2.75, 3.05) is 27.9 Å². The number of carbonyl (C=O) groups is 1. The Morgan fingerprint density at radius 1 is 1.25 bits per heavy atom. The summed E-state index contributed by atoms with van der Waals surface area (Å²) in [6, 6.07) is 5.64. The minimum Gasteiger partial charge on any atom is -0.493 e. The molecule has 0 bridgehead atoms. The highest BCUT2D eigenvalue weighted by molar-refractivity contribution is 5.77. The number of aliphatic hydroxyl groups excluding tert-OH is 1. The number of likely N-dealkylation sites (N-methyl/N-ethyl adjacent to an activating group) is 1. The van der Waals surface area contributed by atoms with Gasteiger partial charge in [0.1, 0.15) is 6.61 Å². The third-order valence-corrected chi connectivity index (χ3v) is 4.89. The lowest BCUT2D eigenvalue weighted by Gasteiger charge is -2.33. The number of methoxy groups -OCH3 is 2. The number of rotatable bonds is 4. The van der Waals surface area contributed by atoms with Crippen molar-refractivity contribution in [2.45, 2.75) is 25.0 Å². The molecule has 3 unspecified atom stereocenters. The molecule has 3 atom stereocenters. The summed E-state index contributed by atoms with van der Waals surface area (Å²) in [7, 11) is 4.95. The molecule has 2 aliphatic rings. The van der Waals surface area contributed by atoms with E-state index in [1.807, 2.05) is 24.3 Å². The normalized spacial score (nSPS) is 26.8. The predicted octanol–water partition coefficient (Wildman–Crippen LogP) is 2.31. The van der Waals surface area contributed by atoms with E-state index in [0.717, 1.165) is 17.6 Å². The highest BCUT2D eigenvalue weighted by atomic mass is 16.6. The molecule has 1 fully saturated rings. The maximum Gasteiger partial charge on any atom is 0.409 e. The summed E-state index contributed by atoms with van der Waals surface area (Å²) >= 11 is 0. The molecule has 24 heavy (non-hydrogen) atoms. The van der Waals surface area contributed by atoms with E-state index >= 15 is 0 Å². The van der Waals surface area contributed by atoms with Crippen molar-refractivity contribution in [3.8, 4) is 11.5 Å². The first-order valence-electron chi connectivity index (χ1n) is 8.07. The zero-order chi connectivity index (χ0) is 17.3. The van der Waals surface area contributed by atoms with E-state index in [-0.39, 0.29) is 18.1 Å². The van der Waals surface area contributed by atoms with Gasteiger partial charge in [0.15, 0.2) is 11.5 Å². The Bertz CT molecular complexity index is 657. The molecule has 0 spiro atoms. The van der Waals surface area contributed by atoms with Gasteiger partial charge in [-0.2, -0.15) is 0 Å². The molecule has 1 aliphatic heterocycles. The van der Waals surface area contributed by atoms with Crippen LogP contribution in [0.1, 0.15) is 18.4 Å². The first-order valence-corrected chi connectivity index (χ1v) is 8.07. The fraction of sp³-hybridized carbons (Fsp3) is 0.500. The van der Waals surface area contributed by atoms with Crippen LogP contribution in [0.25, 0.3) is 5.57 Å². The molecule has 1 amide bonds. The van der Waals surface area contributed by atoms with Gasteiger partial charge in [0.05, 0.1) is 26.4 Å². The van der Waals surface area contributed by atoms with E-state index in [2.05, 4.69) is 0 Å². The summed E-state index contributed by atoms with van der Waals surface area (Å²) in [4.78, 5) is 13.4. The molecule has 6 nitrogen and oxygen atoms in total. The first-order chi connectivity index (χ1) is 11.6. The van der Waals surface area contributed by atoms with E-state index in [1.165, 1.54) is 0 Å². The third-order valence-electron chi connectivity index (χ3n) is 4.89. The van der Waals surface area contributed by atoms with Crippen LogP contribution in [0.2, 0.25) is 0 Å². The fourth-order valence-electron chi connectivity index (χ4n) is 3.62. The van der Waals surface area contributed by atoms with Crippen LogP contribution in [0.3, 0.4) is 0 Å². The monoisotopic (exact) mass is 333 g/mol. The number of hydrogen-bond acceptors (Lipinski definition) is 5. The van der Waals surface area contributed by atoms with Crippen molar-refractivity contribution in [2.24, 2.45) is 5.92 Å². The van der Waals surface area contributed by atoms with Crippen LogP contribution in [-0.2, 0) is 4.74 Å². The second-order valence-corrected chi connectivity index (χ2v) is 6.17. The Balaban J connectivity index is 2.04. The Morgan fingerprint density at radius 3 is 2.67 bits per heavy atom. The molecule has 3 rings (SSSR count). The maximum atomic E-state index is 11.7. The van der Waals surface area contributed by atoms with Gasteiger partial charge in [-0.05, 0) is 24.5 Å². The molecule has 130 valence electrons. The van der Waals surface area contributed by atoms with Gasteiger partial charge in [-0.25, -0.2) is 4.79 Å². The Labute approximate surface area is 141 Å². The van der Waals surface area contributed by atoms with Gasteiger partial charge in [-0.15, -0.1) is 0 Å². The molecule has 0 radical (unpaired) electrons. The molecule has 1 aromatic rings. The molecule has 6 heteroatoms. The standard InChI is InChI=1S/C18H23NO5/c1-19-15(10-24-18(19)21)12-8-7-11(20)9-14(12)13-5-4-6-16(22-2)17(13)23-3/h4-6,9,11-12,15,20H,7-8,10H2,1-3H3. The molecule has 1 N–H and O–H groups in total. The molecule has 1 heterocycles. The number of hydrogen-bond donors (Lipinski definition) is 1. The second-order valence-electron chi connectivity index (χ2n) is 6.17. The lowest BCUT2D eigenvalue weighted by Crippen LogP contribution is -2.38. The van der Waals surface area contributed by atoms with Crippen molar-refractivity contribution >= 4 is 11.7 Å². The molecular weight excluding hydrogens is 310 g/mol. The van der Waals surface area contributed by atoms with Gasteiger partial charge in [-0.3, -0.25) is 0 Å². The number of benzene rings is 1. The molecule has 0 aromatic heterocycles. The molecule has 1 saturated heterocycles. The smallest absolute Gasteiger partial charge is 0.409 e. The van der Waals surface area contributed by atoms with E-state index in [4.69, 9.17) is 14.2 Å². The van der Waals surface area contributed by atoms with Crippen LogP contribution >= 0.6 is 0 Å². The van der Waals surface area contributed by atoms with Crippen LogP contribution in [0.4, 0.5) is 4.79 Å². The lowest BCUT2D eigenvalue weighted by molar-refractivity contribution is 0.163. The third kappa shape index (κ3) is 2.82. The molecule has 1 aromatic carbocycles.